The fourth-order valence-corrected chi connectivity index (χ4v) is 2.14. The van der Waals surface area contributed by atoms with Crippen LogP contribution in [0.3, 0.4) is 0 Å². The molecule has 124 valence electrons. The number of benzene rings is 2. The Morgan fingerprint density at radius 2 is 1.74 bits per heavy atom. The minimum atomic E-state index is -4.97. The number of halogens is 4. The first kappa shape index (κ1) is 17.2. The Hall–Kier alpha value is -2.12. The summed E-state index contributed by atoms with van der Waals surface area (Å²) in [5.41, 5.74) is 6.87. The van der Waals surface area contributed by atoms with Crippen LogP contribution in [0.5, 0.6) is 5.75 Å². The van der Waals surface area contributed by atoms with Gasteiger partial charge < -0.3 is 15.6 Å². The maximum Gasteiger partial charge on any atom is 0.573 e. The van der Waals surface area contributed by atoms with E-state index in [4.69, 9.17) is 5.73 Å². The Labute approximate surface area is 130 Å². The van der Waals surface area contributed by atoms with E-state index in [2.05, 4.69) is 4.74 Å². The number of alkyl halides is 3. The summed E-state index contributed by atoms with van der Waals surface area (Å²) < 4.78 is 53.5. The lowest BCUT2D eigenvalue weighted by Crippen LogP contribution is -2.28. The zero-order chi connectivity index (χ0) is 17.0. The SMILES string of the molecule is N[C@H](c1ccc(OC(F)(F)F)c(F)c1)[C@@H](O)Cc1ccccc1. The van der Waals surface area contributed by atoms with Crippen molar-refractivity contribution in [2.24, 2.45) is 5.73 Å². The van der Waals surface area contributed by atoms with Gasteiger partial charge in [-0.2, -0.15) is 0 Å². The summed E-state index contributed by atoms with van der Waals surface area (Å²) in [5, 5.41) is 10.1. The summed E-state index contributed by atoms with van der Waals surface area (Å²) in [4.78, 5) is 0. The smallest absolute Gasteiger partial charge is 0.403 e. The molecule has 2 atom stereocenters. The summed E-state index contributed by atoms with van der Waals surface area (Å²) >= 11 is 0. The van der Waals surface area contributed by atoms with Gasteiger partial charge in [0.15, 0.2) is 11.6 Å². The fraction of sp³-hybridized carbons (Fsp3) is 0.250. The highest BCUT2D eigenvalue weighted by atomic mass is 19.4. The third-order valence-electron chi connectivity index (χ3n) is 3.27. The molecule has 7 heteroatoms. The molecule has 3 N–H and O–H groups in total. The number of nitrogens with two attached hydrogens (primary N) is 1. The van der Waals surface area contributed by atoms with Crippen LogP contribution in [0.25, 0.3) is 0 Å². The van der Waals surface area contributed by atoms with Crippen LogP contribution in [-0.2, 0) is 6.42 Å². The first-order chi connectivity index (χ1) is 10.8. The number of ether oxygens (including phenoxy) is 1. The average Bonchev–Trinajstić information content (AvgIpc) is 2.48. The number of aliphatic hydroxyl groups is 1. The standard InChI is InChI=1S/C16H15F4NO2/c17-12-9-11(6-7-14(12)23-16(18,19)20)15(21)13(22)8-10-4-2-1-3-5-10/h1-7,9,13,15,22H,8,21H2/t13-,15+/m0/s1. The molecule has 3 nitrogen and oxygen atoms in total. The average molecular weight is 329 g/mol. The molecule has 2 aromatic carbocycles. The van der Waals surface area contributed by atoms with Gasteiger partial charge in [-0.3, -0.25) is 0 Å². The second-order valence-corrected chi connectivity index (χ2v) is 5.02. The Morgan fingerprint density at radius 3 is 2.30 bits per heavy atom. The van der Waals surface area contributed by atoms with Crippen molar-refractivity contribution in [2.75, 3.05) is 0 Å². The molecule has 0 aliphatic heterocycles. The highest BCUT2D eigenvalue weighted by Gasteiger charge is 2.32. The molecule has 0 saturated carbocycles. The molecule has 0 aromatic heterocycles. The van der Waals surface area contributed by atoms with Crippen molar-refractivity contribution in [3.8, 4) is 5.75 Å². The lowest BCUT2D eigenvalue weighted by Gasteiger charge is -2.20. The van der Waals surface area contributed by atoms with E-state index >= 15 is 0 Å². The maximum atomic E-state index is 13.7. The van der Waals surface area contributed by atoms with Gasteiger partial charge in [0.25, 0.3) is 0 Å². The second-order valence-electron chi connectivity index (χ2n) is 5.02. The molecule has 23 heavy (non-hydrogen) atoms. The van der Waals surface area contributed by atoms with E-state index in [0.29, 0.717) is 0 Å². The monoisotopic (exact) mass is 329 g/mol. The summed E-state index contributed by atoms with van der Waals surface area (Å²) in [5.74, 6) is -2.13. The van der Waals surface area contributed by atoms with Crippen LogP contribution in [0, 0.1) is 5.82 Å². The third-order valence-corrected chi connectivity index (χ3v) is 3.27. The van der Waals surface area contributed by atoms with E-state index in [1.807, 2.05) is 6.07 Å². The van der Waals surface area contributed by atoms with Crippen molar-refractivity contribution in [2.45, 2.75) is 24.9 Å². The first-order valence-electron chi connectivity index (χ1n) is 6.79. The van der Waals surface area contributed by atoms with Gasteiger partial charge in [0.2, 0.25) is 0 Å². The number of aliphatic hydroxyl groups excluding tert-OH is 1. The Balaban J connectivity index is 2.10. The Morgan fingerprint density at radius 1 is 1.09 bits per heavy atom. The maximum absolute atomic E-state index is 13.7. The fourth-order valence-electron chi connectivity index (χ4n) is 2.14. The minimum Gasteiger partial charge on any atom is -0.403 e. The highest BCUT2D eigenvalue weighted by Crippen LogP contribution is 2.28. The van der Waals surface area contributed by atoms with Gasteiger partial charge in [-0.05, 0) is 23.3 Å². The first-order valence-corrected chi connectivity index (χ1v) is 6.79. The quantitative estimate of drug-likeness (QED) is 0.828. The lowest BCUT2D eigenvalue weighted by atomic mass is 9.97. The number of hydrogen-bond donors (Lipinski definition) is 2. The molecule has 0 bridgehead atoms. The van der Waals surface area contributed by atoms with E-state index in [1.54, 1.807) is 24.3 Å². The van der Waals surface area contributed by atoms with Crippen LogP contribution in [-0.4, -0.2) is 17.6 Å². The molecule has 0 radical (unpaired) electrons. The normalized spacial score (nSPS) is 14.3. The summed E-state index contributed by atoms with van der Waals surface area (Å²) in [6.07, 6.45) is -5.74. The van der Waals surface area contributed by atoms with Crippen LogP contribution in [0.2, 0.25) is 0 Å². The molecule has 0 amide bonds. The largest absolute Gasteiger partial charge is 0.573 e. The van der Waals surface area contributed by atoms with E-state index < -0.39 is 30.1 Å². The highest BCUT2D eigenvalue weighted by molar-refractivity contribution is 5.32. The van der Waals surface area contributed by atoms with Crippen LogP contribution >= 0.6 is 0 Å². The van der Waals surface area contributed by atoms with Crippen LogP contribution in [0.1, 0.15) is 17.2 Å². The molecule has 0 fully saturated rings. The molecule has 0 saturated heterocycles. The Bertz CT molecular complexity index is 646. The molecule has 0 aliphatic rings. The van der Waals surface area contributed by atoms with E-state index in [-0.39, 0.29) is 12.0 Å². The Kier molecular flexibility index (Phi) is 5.23. The topological polar surface area (TPSA) is 55.5 Å². The van der Waals surface area contributed by atoms with Crippen molar-refractivity contribution in [1.82, 2.24) is 0 Å². The van der Waals surface area contributed by atoms with Gasteiger partial charge >= 0.3 is 6.36 Å². The molecule has 0 spiro atoms. The van der Waals surface area contributed by atoms with E-state index in [1.165, 1.54) is 6.07 Å². The predicted octanol–water partition coefficient (Wildman–Crippen LogP) is 3.33. The molecular weight excluding hydrogens is 314 g/mol. The minimum absolute atomic E-state index is 0.181. The molecule has 0 unspecified atom stereocenters. The molecule has 2 aromatic rings. The number of hydrogen-bond acceptors (Lipinski definition) is 3. The van der Waals surface area contributed by atoms with E-state index in [9.17, 15) is 22.7 Å². The molecule has 0 heterocycles. The van der Waals surface area contributed by atoms with Crippen molar-refractivity contribution in [3.05, 3.63) is 65.5 Å². The summed E-state index contributed by atoms with van der Waals surface area (Å²) in [6.45, 7) is 0. The lowest BCUT2D eigenvalue weighted by molar-refractivity contribution is -0.275. The van der Waals surface area contributed by atoms with Gasteiger partial charge in [0.1, 0.15) is 0 Å². The zero-order valence-corrected chi connectivity index (χ0v) is 11.9. The second kappa shape index (κ2) is 6.97. The molecule has 2 rings (SSSR count). The predicted molar refractivity (Wildman–Crippen MR) is 76.2 cm³/mol. The van der Waals surface area contributed by atoms with Crippen molar-refractivity contribution in [3.63, 3.8) is 0 Å². The van der Waals surface area contributed by atoms with Crippen LogP contribution in [0.15, 0.2) is 48.5 Å². The number of rotatable bonds is 5. The van der Waals surface area contributed by atoms with Gasteiger partial charge in [-0.15, -0.1) is 13.2 Å². The molecule has 0 aliphatic carbocycles. The van der Waals surface area contributed by atoms with Gasteiger partial charge in [-0.25, -0.2) is 4.39 Å². The van der Waals surface area contributed by atoms with Crippen LogP contribution in [0.4, 0.5) is 17.6 Å². The molecular formula is C16H15F4NO2. The zero-order valence-electron chi connectivity index (χ0n) is 11.9. The third kappa shape index (κ3) is 4.94. The van der Waals surface area contributed by atoms with Crippen molar-refractivity contribution in [1.29, 1.82) is 0 Å². The summed E-state index contributed by atoms with van der Waals surface area (Å²) in [6, 6.07) is 11.0. The van der Waals surface area contributed by atoms with E-state index in [0.717, 1.165) is 17.7 Å². The van der Waals surface area contributed by atoms with Crippen LogP contribution < -0.4 is 10.5 Å². The summed E-state index contributed by atoms with van der Waals surface area (Å²) in [7, 11) is 0. The van der Waals surface area contributed by atoms with Crippen molar-refractivity contribution >= 4 is 0 Å². The van der Waals surface area contributed by atoms with Crippen molar-refractivity contribution < 1.29 is 27.4 Å². The van der Waals surface area contributed by atoms with Gasteiger partial charge in [0, 0.05) is 6.42 Å². The van der Waals surface area contributed by atoms with Gasteiger partial charge in [-0.1, -0.05) is 36.4 Å². The van der Waals surface area contributed by atoms with Gasteiger partial charge in [0.05, 0.1) is 12.1 Å².